The number of aliphatic hydroxyl groups is 1. The fourth-order valence-corrected chi connectivity index (χ4v) is 2.86. The summed E-state index contributed by atoms with van der Waals surface area (Å²) in [6, 6.07) is 6.59. The largest absolute Gasteiger partial charge is 0.392 e. The third-order valence-electron chi connectivity index (χ3n) is 3.22. The summed E-state index contributed by atoms with van der Waals surface area (Å²) in [5.74, 6) is 1.31. The minimum atomic E-state index is -0.191. The summed E-state index contributed by atoms with van der Waals surface area (Å²) >= 11 is 1.72. The fourth-order valence-electron chi connectivity index (χ4n) is 1.89. The van der Waals surface area contributed by atoms with Crippen LogP contribution in [0.4, 0.5) is 4.39 Å². The van der Waals surface area contributed by atoms with Gasteiger partial charge in [-0.1, -0.05) is 0 Å². The molecular formula is C14H20FNOS. The van der Waals surface area contributed by atoms with Crippen LogP contribution in [0.15, 0.2) is 29.2 Å². The zero-order valence-corrected chi connectivity index (χ0v) is 11.5. The van der Waals surface area contributed by atoms with E-state index in [1.807, 2.05) is 7.05 Å². The van der Waals surface area contributed by atoms with Crippen molar-refractivity contribution in [3.05, 3.63) is 30.1 Å². The van der Waals surface area contributed by atoms with Crippen LogP contribution in [-0.4, -0.2) is 42.0 Å². The zero-order chi connectivity index (χ0) is 13.0. The molecule has 18 heavy (non-hydrogen) atoms. The number of benzene rings is 1. The van der Waals surface area contributed by atoms with E-state index in [1.54, 1.807) is 23.9 Å². The van der Waals surface area contributed by atoms with Crippen LogP contribution < -0.4 is 0 Å². The first-order valence-electron chi connectivity index (χ1n) is 6.40. The van der Waals surface area contributed by atoms with Crippen molar-refractivity contribution in [3.8, 4) is 0 Å². The van der Waals surface area contributed by atoms with Crippen LogP contribution in [0.2, 0.25) is 0 Å². The highest BCUT2D eigenvalue weighted by Gasteiger charge is 2.30. The molecule has 0 heterocycles. The molecule has 1 fully saturated rings. The standard InChI is InChI=1S/C14H20FNOS/c1-16(10-14(17)11-2-3-11)8-9-18-13-6-4-12(15)5-7-13/h4-7,11,14,17H,2-3,8-10H2,1H3. The minimum absolute atomic E-state index is 0.161. The molecule has 0 amide bonds. The van der Waals surface area contributed by atoms with Crippen LogP contribution in [0.1, 0.15) is 12.8 Å². The molecule has 4 heteroatoms. The highest BCUT2D eigenvalue weighted by Crippen LogP contribution is 2.32. The Hall–Kier alpha value is -0.580. The summed E-state index contributed by atoms with van der Waals surface area (Å²) < 4.78 is 12.7. The molecule has 1 unspecified atom stereocenters. The van der Waals surface area contributed by atoms with E-state index >= 15 is 0 Å². The average molecular weight is 269 g/mol. The van der Waals surface area contributed by atoms with Gasteiger partial charge in [0.05, 0.1) is 6.10 Å². The van der Waals surface area contributed by atoms with Crippen molar-refractivity contribution in [2.45, 2.75) is 23.8 Å². The first-order chi connectivity index (χ1) is 8.65. The van der Waals surface area contributed by atoms with Gasteiger partial charge in [-0.15, -0.1) is 11.8 Å². The van der Waals surface area contributed by atoms with Crippen molar-refractivity contribution >= 4 is 11.8 Å². The smallest absolute Gasteiger partial charge is 0.123 e. The lowest BCUT2D eigenvalue weighted by molar-refractivity contribution is 0.109. The topological polar surface area (TPSA) is 23.5 Å². The van der Waals surface area contributed by atoms with E-state index < -0.39 is 0 Å². The Balaban J connectivity index is 1.63. The van der Waals surface area contributed by atoms with Crippen molar-refractivity contribution in [1.29, 1.82) is 0 Å². The van der Waals surface area contributed by atoms with Crippen molar-refractivity contribution in [2.75, 3.05) is 25.9 Å². The summed E-state index contributed by atoms with van der Waals surface area (Å²) in [7, 11) is 2.04. The molecule has 0 aromatic heterocycles. The van der Waals surface area contributed by atoms with E-state index in [1.165, 1.54) is 25.0 Å². The SMILES string of the molecule is CN(CCSc1ccc(F)cc1)CC(O)C1CC1. The van der Waals surface area contributed by atoms with Crippen LogP contribution in [-0.2, 0) is 0 Å². The third-order valence-corrected chi connectivity index (χ3v) is 4.21. The molecule has 1 atom stereocenters. The van der Waals surface area contributed by atoms with Gasteiger partial charge in [0.15, 0.2) is 0 Å². The second-order valence-corrected chi connectivity index (χ2v) is 6.14. The lowest BCUT2D eigenvalue weighted by atomic mass is 10.2. The van der Waals surface area contributed by atoms with Gasteiger partial charge in [-0.3, -0.25) is 0 Å². The molecule has 0 radical (unpaired) electrons. The fraction of sp³-hybridized carbons (Fsp3) is 0.571. The van der Waals surface area contributed by atoms with Crippen molar-refractivity contribution in [3.63, 3.8) is 0 Å². The number of hydrogen-bond donors (Lipinski definition) is 1. The molecule has 100 valence electrons. The Morgan fingerprint density at radius 2 is 2.06 bits per heavy atom. The molecule has 1 aromatic carbocycles. The number of nitrogens with zero attached hydrogens (tertiary/aromatic N) is 1. The lowest BCUT2D eigenvalue weighted by Gasteiger charge is -2.20. The van der Waals surface area contributed by atoms with E-state index in [0.717, 1.165) is 23.7 Å². The first-order valence-corrected chi connectivity index (χ1v) is 7.38. The maximum Gasteiger partial charge on any atom is 0.123 e. The normalized spacial score (nSPS) is 17.1. The number of aliphatic hydroxyl groups excluding tert-OH is 1. The number of likely N-dealkylation sites (N-methyl/N-ethyl adjacent to an activating group) is 1. The van der Waals surface area contributed by atoms with E-state index in [2.05, 4.69) is 4.90 Å². The highest BCUT2D eigenvalue weighted by atomic mass is 32.2. The summed E-state index contributed by atoms with van der Waals surface area (Å²) in [5.41, 5.74) is 0. The van der Waals surface area contributed by atoms with E-state index in [0.29, 0.717) is 5.92 Å². The highest BCUT2D eigenvalue weighted by molar-refractivity contribution is 7.99. The van der Waals surface area contributed by atoms with Crippen LogP contribution in [0.3, 0.4) is 0 Å². The number of hydrogen-bond acceptors (Lipinski definition) is 3. The van der Waals surface area contributed by atoms with Gasteiger partial charge < -0.3 is 10.0 Å². The molecule has 2 nitrogen and oxygen atoms in total. The quantitative estimate of drug-likeness (QED) is 0.770. The van der Waals surface area contributed by atoms with Crippen LogP contribution in [0.5, 0.6) is 0 Å². The summed E-state index contributed by atoms with van der Waals surface area (Å²) in [5, 5.41) is 9.82. The van der Waals surface area contributed by atoms with Crippen molar-refractivity contribution in [1.82, 2.24) is 4.90 Å². The van der Waals surface area contributed by atoms with Gasteiger partial charge in [-0.2, -0.15) is 0 Å². The Bertz CT molecular complexity index is 367. The van der Waals surface area contributed by atoms with Gasteiger partial charge in [0.2, 0.25) is 0 Å². The second kappa shape index (κ2) is 6.55. The number of halogens is 1. The number of rotatable bonds is 7. The second-order valence-electron chi connectivity index (χ2n) is 4.97. The molecular weight excluding hydrogens is 249 g/mol. The van der Waals surface area contributed by atoms with Gasteiger partial charge >= 0.3 is 0 Å². The molecule has 0 spiro atoms. The number of thioether (sulfide) groups is 1. The molecule has 1 N–H and O–H groups in total. The summed E-state index contributed by atoms with van der Waals surface area (Å²) in [4.78, 5) is 3.26. The molecule has 1 saturated carbocycles. The molecule has 0 saturated heterocycles. The zero-order valence-electron chi connectivity index (χ0n) is 10.7. The Morgan fingerprint density at radius 1 is 1.39 bits per heavy atom. The monoisotopic (exact) mass is 269 g/mol. The molecule has 0 bridgehead atoms. The van der Waals surface area contributed by atoms with E-state index in [4.69, 9.17) is 0 Å². The third kappa shape index (κ3) is 4.59. The Kier molecular flexibility index (Phi) is 5.03. The van der Waals surface area contributed by atoms with Gasteiger partial charge in [0.25, 0.3) is 0 Å². The first kappa shape index (κ1) is 13.8. The Labute approximate surface area is 112 Å². The summed E-state index contributed by atoms with van der Waals surface area (Å²) in [6.07, 6.45) is 2.20. The van der Waals surface area contributed by atoms with E-state index in [-0.39, 0.29) is 11.9 Å². The van der Waals surface area contributed by atoms with Crippen molar-refractivity contribution < 1.29 is 9.50 Å². The maximum absolute atomic E-state index is 12.7. The lowest BCUT2D eigenvalue weighted by Crippen LogP contribution is -2.31. The van der Waals surface area contributed by atoms with Crippen LogP contribution >= 0.6 is 11.8 Å². The Morgan fingerprint density at radius 3 is 2.67 bits per heavy atom. The predicted molar refractivity (Wildman–Crippen MR) is 73.4 cm³/mol. The maximum atomic E-state index is 12.7. The molecule has 1 aliphatic carbocycles. The molecule has 1 aromatic rings. The van der Waals surface area contributed by atoms with Gasteiger partial charge in [0, 0.05) is 23.7 Å². The van der Waals surface area contributed by atoms with Crippen molar-refractivity contribution in [2.24, 2.45) is 5.92 Å². The summed E-state index contributed by atoms with van der Waals surface area (Å²) in [6.45, 7) is 1.69. The van der Waals surface area contributed by atoms with Gasteiger partial charge in [0.1, 0.15) is 5.82 Å². The van der Waals surface area contributed by atoms with Gasteiger partial charge in [-0.05, 0) is 50.1 Å². The van der Waals surface area contributed by atoms with E-state index in [9.17, 15) is 9.50 Å². The average Bonchev–Trinajstić information content (AvgIpc) is 3.15. The molecule has 0 aliphatic heterocycles. The molecule has 1 aliphatic rings. The van der Waals surface area contributed by atoms with Crippen LogP contribution in [0, 0.1) is 11.7 Å². The minimum Gasteiger partial charge on any atom is -0.392 e. The molecule has 2 rings (SSSR count). The van der Waals surface area contributed by atoms with Crippen LogP contribution in [0.25, 0.3) is 0 Å². The predicted octanol–water partition coefficient (Wildman–Crippen LogP) is 2.62. The van der Waals surface area contributed by atoms with Gasteiger partial charge in [-0.25, -0.2) is 4.39 Å².